The molecule has 4 aromatic carbocycles. The number of nitrogens with zero attached hydrogens (tertiary/aromatic N) is 4. The van der Waals surface area contributed by atoms with Crippen molar-refractivity contribution < 1.29 is 53.5 Å². The Morgan fingerprint density at radius 3 is 1.81 bits per heavy atom. The van der Waals surface area contributed by atoms with Gasteiger partial charge in [-0.15, -0.1) is 0 Å². The number of halogens is 3. The first-order chi connectivity index (χ1) is 31.4. The maximum absolute atomic E-state index is 16.6. The number of nitrogens with one attached hydrogen (secondary N) is 1. The normalized spacial score (nSPS) is 25.0. The van der Waals surface area contributed by atoms with Crippen LogP contribution in [0.3, 0.4) is 0 Å². The quantitative estimate of drug-likeness (QED) is 0.101. The van der Waals surface area contributed by atoms with Crippen molar-refractivity contribution in [3.8, 4) is 11.5 Å². The van der Waals surface area contributed by atoms with Crippen LogP contribution in [0.5, 0.6) is 11.5 Å². The molecule has 59 heavy (non-hydrogen) atoms. The van der Waals surface area contributed by atoms with Gasteiger partial charge in [-0.2, -0.15) is 0 Å². The topological polar surface area (TPSA) is 134 Å². The summed E-state index contributed by atoms with van der Waals surface area (Å²) in [7, 11) is 0. The Balaban J connectivity index is 1.03. The van der Waals surface area contributed by atoms with E-state index in [9.17, 15) is 29.4 Å². The van der Waals surface area contributed by atoms with Crippen LogP contribution in [-0.2, 0) is 9.59 Å². The predicted molar refractivity (Wildman–Crippen MR) is 215 cm³/mol. The van der Waals surface area contributed by atoms with Crippen molar-refractivity contribution in [2.75, 3.05) is 55.4 Å². The molecule has 8 rings (SSSR count). The maximum atomic E-state index is 16.6. The highest BCUT2D eigenvalue weighted by atomic mass is 19.2. The fraction of sp³-hybridized carbons (Fsp3) is 0.333. The molecule has 4 aliphatic rings. The molecule has 1 atom stereocenters. The van der Waals surface area contributed by atoms with Gasteiger partial charge in [-0.25, -0.2) is 13.2 Å². The number of hydrogen-bond donors (Lipinski definition) is 3. The highest BCUT2D eigenvalue weighted by molar-refractivity contribution is 6.24. The van der Waals surface area contributed by atoms with E-state index < -0.39 is 114 Å². The van der Waals surface area contributed by atoms with Crippen molar-refractivity contribution in [3.05, 3.63) is 118 Å². The maximum Gasteiger partial charge on any atom is 0.265 e. The minimum absolute atomic E-state index is 0.107. The summed E-state index contributed by atoms with van der Waals surface area (Å²) in [5.41, 5.74) is 0.374. The Hall–Kier alpha value is -6.15. The van der Waals surface area contributed by atoms with E-state index in [1.54, 1.807) is 24.3 Å². The molecule has 0 radical (unpaired) electrons. The van der Waals surface area contributed by atoms with Crippen LogP contribution in [0.15, 0.2) is 72.8 Å². The number of fused-ring (bicyclic) bond motifs is 1. The average Bonchev–Trinajstić information content (AvgIpc) is 3.54. The summed E-state index contributed by atoms with van der Waals surface area (Å²) in [4.78, 5) is 53.0. The minimum atomic E-state index is -3.89. The van der Waals surface area contributed by atoms with Crippen molar-refractivity contribution in [2.45, 2.75) is 45.1 Å². The van der Waals surface area contributed by atoms with Gasteiger partial charge < -0.3 is 20.0 Å². The number of piperidine rings is 2. The fourth-order valence-corrected chi connectivity index (χ4v) is 8.07. The van der Waals surface area contributed by atoms with Gasteiger partial charge in [0.25, 0.3) is 11.8 Å². The predicted octanol–water partition coefficient (Wildman–Crippen LogP) is 6.32. The van der Waals surface area contributed by atoms with Crippen molar-refractivity contribution in [1.29, 1.82) is 0 Å². The van der Waals surface area contributed by atoms with E-state index in [1.165, 1.54) is 0 Å². The lowest BCUT2D eigenvalue weighted by atomic mass is 9.88. The molecule has 0 spiro atoms. The summed E-state index contributed by atoms with van der Waals surface area (Å²) in [6.45, 7) is -12.8. The summed E-state index contributed by atoms with van der Waals surface area (Å²) in [5, 5.41) is 21.8. The summed E-state index contributed by atoms with van der Waals surface area (Å²) < 4.78 is 120. The van der Waals surface area contributed by atoms with Gasteiger partial charge in [-0.1, -0.05) is 43.3 Å². The lowest BCUT2D eigenvalue weighted by Crippen LogP contribution is -2.54. The zero-order valence-electron chi connectivity index (χ0n) is 39.7. The molecule has 3 fully saturated rings. The van der Waals surface area contributed by atoms with Gasteiger partial charge >= 0.3 is 0 Å². The summed E-state index contributed by atoms with van der Waals surface area (Å²) >= 11 is 0. The molecule has 11 nitrogen and oxygen atoms in total. The molecule has 4 amide bonds. The van der Waals surface area contributed by atoms with Crippen LogP contribution in [0.2, 0.25) is 0 Å². The zero-order chi connectivity index (χ0) is 48.7. The van der Waals surface area contributed by atoms with E-state index in [4.69, 9.17) is 11.0 Å². The highest BCUT2D eigenvalue weighted by Crippen LogP contribution is 2.40. The Morgan fingerprint density at radius 2 is 1.25 bits per heavy atom. The second-order valence-corrected chi connectivity index (χ2v) is 14.7. The van der Waals surface area contributed by atoms with Gasteiger partial charge in [0.1, 0.15) is 23.2 Å². The van der Waals surface area contributed by atoms with Crippen molar-refractivity contribution in [3.63, 3.8) is 0 Å². The largest absolute Gasteiger partial charge is 0.508 e. The summed E-state index contributed by atoms with van der Waals surface area (Å²) in [5.74, 6) is -12.4. The van der Waals surface area contributed by atoms with Crippen LogP contribution >= 0.6 is 0 Å². The van der Waals surface area contributed by atoms with Crippen LogP contribution in [0, 0.1) is 23.4 Å². The molecular weight excluding hydrogens is 764 g/mol. The third-order valence-corrected chi connectivity index (χ3v) is 11.1. The number of hydrogen-bond acceptors (Lipinski definition) is 9. The lowest BCUT2D eigenvalue weighted by molar-refractivity contribution is -0.136. The van der Waals surface area contributed by atoms with Crippen LogP contribution < -0.4 is 15.1 Å². The summed E-state index contributed by atoms with van der Waals surface area (Å²) in [6.07, 6.45) is 0.432. The van der Waals surface area contributed by atoms with Crippen molar-refractivity contribution >= 4 is 46.1 Å². The highest BCUT2D eigenvalue weighted by Gasteiger charge is 2.49. The number of rotatable bonds is 9. The zero-order valence-corrected chi connectivity index (χ0v) is 31.7. The molecule has 1 unspecified atom stereocenters. The number of anilines is 2. The van der Waals surface area contributed by atoms with E-state index >= 15 is 13.2 Å². The number of phenolic OH excluding ortho intramolecular Hbond substituents is 2. The number of benzene rings is 4. The second-order valence-electron chi connectivity index (χ2n) is 14.7. The second kappa shape index (κ2) is 16.2. The number of imide groups is 2. The number of piperazine rings is 1. The van der Waals surface area contributed by atoms with Gasteiger partial charge in [0.2, 0.25) is 11.8 Å². The first kappa shape index (κ1) is 30.9. The number of phenols is 2. The molecule has 0 aliphatic carbocycles. The number of allylic oxidation sites excluding steroid dienone is 1. The molecule has 0 saturated carbocycles. The van der Waals surface area contributed by atoms with Gasteiger partial charge in [0, 0.05) is 63.2 Å². The van der Waals surface area contributed by atoms with Crippen LogP contribution in [0.1, 0.15) is 87.4 Å². The number of amides is 4. The third-order valence-electron chi connectivity index (χ3n) is 11.1. The summed E-state index contributed by atoms with van der Waals surface area (Å²) in [6, 6.07) is 19.7. The van der Waals surface area contributed by atoms with Gasteiger partial charge in [-0.3, -0.25) is 34.3 Å². The lowest BCUT2D eigenvalue weighted by Gasteiger charge is -2.40. The van der Waals surface area contributed by atoms with E-state index in [-0.39, 0.29) is 22.8 Å². The third kappa shape index (κ3) is 7.53. The molecule has 3 N–H and O–H groups in total. The van der Waals surface area contributed by atoms with Gasteiger partial charge in [0.15, 0.2) is 17.5 Å². The van der Waals surface area contributed by atoms with E-state index in [0.29, 0.717) is 37.3 Å². The number of aromatic hydroxyl groups is 2. The SMILES string of the molecule is [2H]C1([2H])N(CC2CCN(c3ccc(C(=C(CC)c4ccc(O)cc4)c4ccc(O)cc4)cc3)CC2)C([2H])([2H])C([2H])([2H])N(c2c(F)c(F)c3c(c2F)C(=O)N(C2CCC(=O)NC2=O)C3=O)C1([2H])[2H]. The Bertz CT molecular complexity index is 2690. The Morgan fingerprint density at radius 1 is 0.712 bits per heavy atom. The van der Waals surface area contributed by atoms with Gasteiger partial charge in [0.05, 0.1) is 16.6 Å². The standard InChI is InChI=1S/C45H44F3N5O6/c1-2-33(27-5-11-31(54)12-6-27)36(29-7-13-32(55)14-8-29)28-3-9-30(10-4-28)51-19-17-26(18-20-51)25-50-21-23-52(24-22-50)42-40(47)38-37(39(46)41(42)48)44(58)53(45(38)59)34-15-16-35(56)49-43(34)57/h3-14,26,34,54-55H,2,15-25H2,1H3,(H,49,56,57)/i21D2,22D2,23D2,24D2. The van der Waals surface area contributed by atoms with Crippen LogP contribution in [0.25, 0.3) is 11.1 Å². The molecular formula is C45H44F3N5O6. The fourth-order valence-electron chi connectivity index (χ4n) is 8.07. The van der Waals surface area contributed by atoms with E-state index in [0.717, 1.165) is 33.5 Å². The molecule has 4 aromatic rings. The van der Waals surface area contributed by atoms with Crippen LogP contribution in [0.4, 0.5) is 24.5 Å². The Labute approximate surface area is 350 Å². The molecule has 4 aliphatic heterocycles. The first-order valence-corrected chi connectivity index (χ1v) is 19.1. The number of carbonyl (C=O) groups is 4. The van der Waals surface area contributed by atoms with Crippen molar-refractivity contribution in [2.24, 2.45) is 5.92 Å². The molecule has 306 valence electrons. The van der Waals surface area contributed by atoms with Crippen molar-refractivity contribution in [1.82, 2.24) is 15.1 Å². The minimum Gasteiger partial charge on any atom is -0.508 e. The number of carbonyl (C=O) groups excluding carboxylic acids is 4. The monoisotopic (exact) mass is 815 g/mol. The van der Waals surface area contributed by atoms with E-state index in [1.807, 2.05) is 65.7 Å². The first-order valence-electron chi connectivity index (χ1n) is 23.1. The Kier molecular flexibility index (Phi) is 8.50. The average molecular weight is 816 g/mol. The molecule has 14 heteroatoms. The molecule has 4 heterocycles. The van der Waals surface area contributed by atoms with E-state index in [2.05, 4.69) is 0 Å². The molecule has 3 saturated heterocycles. The van der Waals surface area contributed by atoms with Gasteiger partial charge in [-0.05, 0) is 95.8 Å². The van der Waals surface area contributed by atoms with Crippen LogP contribution in [-0.4, -0.2) is 95.3 Å². The molecule has 0 bridgehead atoms. The molecule has 0 aromatic heterocycles. The smallest absolute Gasteiger partial charge is 0.265 e.